The third-order valence-electron chi connectivity index (χ3n) is 2.92. The van der Waals surface area contributed by atoms with Gasteiger partial charge in [0.1, 0.15) is 11.9 Å². The molecule has 1 aromatic rings. The van der Waals surface area contributed by atoms with E-state index in [0.717, 1.165) is 5.75 Å². The monoisotopic (exact) mass is 283 g/mol. The summed E-state index contributed by atoms with van der Waals surface area (Å²) in [5, 5.41) is 19.9. The van der Waals surface area contributed by atoms with Crippen molar-refractivity contribution in [3.8, 4) is 0 Å². The number of hydrogen-bond acceptors (Lipinski definition) is 6. The molecule has 0 amide bonds. The van der Waals surface area contributed by atoms with Crippen LogP contribution in [-0.4, -0.2) is 45.1 Å². The number of anilines is 1. The van der Waals surface area contributed by atoms with E-state index in [0.29, 0.717) is 18.0 Å². The van der Waals surface area contributed by atoms with Gasteiger partial charge in [-0.3, -0.25) is 19.9 Å². The second-order valence-corrected chi connectivity index (χ2v) is 5.29. The smallest absolute Gasteiger partial charge is 0.310 e. The van der Waals surface area contributed by atoms with Crippen LogP contribution in [0.15, 0.2) is 18.5 Å². The molecule has 7 nitrogen and oxygen atoms in total. The molecule has 1 N–H and O–H groups in total. The summed E-state index contributed by atoms with van der Waals surface area (Å²) in [5.74, 6) is 0.593. The van der Waals surface area contributed by atoms with Gasteiger partial charge in [-0.2, -0.15) is 11.8 Å². The van der Waals surface area contributed by atoms with E-state index in [-0.39, 0.29) is 18.2 Å². The second kappa shape index (κ2) is 5.87. The summed E-state index contributed by atoms with van der Waals surface area (Å²) >= 11 is 1.67. The molecule has 1 atom stereocenters. The number of carboxylic acid groups (broad SMARTS) is 1. The zero-order valence-corrected chi connectivity index (χ0v) is 10.9. The number of carbonyl (C=O) groups is 1. The van der Waals surface area contributed by atoms with Gasteiger partial charge in [-0.25, -0.2) is 0 Å². The predicted molar refractivity (Wildman–Crippen MR) is 71.6 cm³/mol. The molecule has 1 aromatic heterocycles. The highest BCUT2D eigenvalue weighted by molar-refractivity contribution is 7.99. The SMILES string of the molecule is O=C(O)CC1CSCCN1c1ccncc1[N+](=O)[O-]. The number of aromatic nitrogens is 1. The van der Waals surface area contributed by atoms with E-state index in [1.54, 1.807) is 17.8 Å². The van der Waals surface area contributed by atoms with Gasteiger partial charge in [0.05, 0.1) is 11.3 Å². The molecule has 8 heteroatoms. The molecule has 2 heterocycles. The summed E-state index contributed by atoms with van der Waals surface area (Å²) in [5.41, 5.74) is 0.372. The summed E-state index contributed by atoms with van der Waals surface area (Å²) in [6.45, 7) is 0.605. The highest BCUT2D eigenvalue weighted by Crippen LogP contribution is 2.32. The van der Waals surface area contributed by atoms with E-state index in [9.17, 15) is 14.9 Å². The van der Waals surface area contributed by atoms with Crippen molar-refractivity contribution >= 4 is 29.1 Å². The van der Waals surface area contributed by atoms with Crippen LogP contribution in [0.4, 0.5) is 11.4 Å². The number of nitro groups is 1. The number of pyridine rings is 1. The van der Waals surface area contributed by atoms with E-state index in [1.165, 1.54) is 12.4 Å². The van der Waals surface area contributed by atoms with E-state index in [1.807, 2.05) is 4.90 Å². The molecule has 0 aromatic carbocycles. The van der Waals surface area contributed by atoms with Crippen LogP contribution < -0.4 is 4.90 Å². The maximum atomic E-state index is 11.0. The summed E-state index contributed by atoms with van der Waals surface area (Å²) in [4.78, 5) is 27.0. The van der Waals surface area contributed by atoms with Crippen molar-refractivity contribution in [3.63, 3.8) is 0 Å². The third-order valence-corrected chi connectivity index (χ3v) is 4.01. The van der Waals surface area contributed by atoms with Gasteiger partial charge in [0.15, 0.2) is 0 Å². The van der Waals surface area contributed by atoms with Crippen molar-refractivity contribution < 1.29 is 14.8 Å². The number of aliphatic carboxylic acids is 1. The molecule has 0 bridgehead atoms. The van der Waals surface area contributed by atoms with Gasteiger partial charge in [0.2, 0.25) is 0 Å². The van der Waals surface area contributed by atoms with E-state index in [4.69, 9.17) is 5.11 Å². The molecule has 0 spiro atoms. The first-order valence-electron chi connectivity index (χ1n) is 5.74. The molecular formula is C11H13N3O4S. The lowest BCUT2D eigenvalue weighted by Gasteiger charge is -2.35. The average Bonchev–Trinajstić information content (AvgIpc) is 2.38. The Kier molecular flexibility index (Phi) is 4.20. The Balaban J connectivity index is 2.32. The van der Waals surface area contributed by atoms with Crippen LogP contribution in [0, 0.1) is 10.1 Å². The minimum absolute atomic E-state index is 0.0214. The summed E-state index contributed by atoms with van der Waals surface area (Å²) in [6.07, 6.45) is 2.67. The van der Waals surface area contributed by atoms with Crippen molar-refractivity contribution in [2.24, 2.45) is 0 Å². The number of thioether (sulfide) groups is 1. The molecule has 19 heavy (non-hydrogen) atoms. The molecule has 102 valence electrons. The topological polar surface area (TPSA) is 96.6 Å². The van der Waals surface area contributed by atoms with Crippen molar-refractivity contribution in [3.05, 3.63) is 28.6 Å². The van der Waals surface area contributed by atoms with Crippen LogP contribution in [0.3, 0.4) is 0 Å². The first-order chi connectivity index (χ1) is 9.09. The highest BCUT2D eigenvalue weighted by atomic mass is 32.2. The van der Waals surface area contributed by atoms with Gasteiger partial charge in [-0.05, 0) is 6.07 Å². The molecule has 1 saturated heterocycles. The van der Waals surface area contributed by atoms with Crippen molar-refractivity contribution in [1.29, 1.82) is 0 Å². The molecular weight excluding hydrogens is 270 g/mol. The van der Waals surface area contributed by atoms with Gasteiger partial charge < -0.3 is 10.0 Å². The zero-order valence-electron chi connectivity index (χ0n) is 10.1. The summed E-state index contributed by atoms with van der Waals surface area (Å²) < 4.78 is 0. The normalized spacial score (nSPS) is 19.2. The van der Waals surface area contributed by atoms with Gasteiger partial charge in [-0.15, -0.1) is 0 Å². The molecule has 0 saturated carbocycles. The Bertz CT molecular complexity index is 497. The lowest BCUT2D eigenvalue weighted by atomic mass is 10.1. The molecule has 1 aliphatic rings. The Labute approximate surface area is 113 Å². The minimum atomic E-state index is -0.894. The van der Waals surface area contributed by atoms with Crippen LogP contribution >= 0.6 is 11.8 Å². The number of carboxylic acids is 1. The van der Waals surface area contributed by atoms with Crippen molar-refractivity contribution in [2.75, 3.05) is 23.0 Å². The number of hydrogen-bond donors (Lipinski definition) is 1. The molecule has 0 radical (unpaired) electrons. The lowest BCUT2D eigenvalue weighted by molar-refractivity contribution is -0.384. The fourth-order valence-corrected chi connectivity index (χ4v) is 3.17. The standard InChI is InChI=1S/C11H13N3O4S/c15-11(16)5-8-7-19-4-3-13(8)9-1-2-12-6-10(9)14(17)18/h1-2,6,8H,3-5,7H2,(H,15,16). The summed E-state index contributed by atoms with van der Waals surface area (Å²) in [7, 11) is 0. The van der Waals surface area contributed by atoms with E-state index >= 15 is 0 Å². The van der Waals surface area contributed by atoms with Gasteiger partial charge in [0, 0.05) is 30.3 Å². The fourth-order valence-electron chi connectivity index (χ4n) is 2.10. The Hall–Kier alpha value is -1.83. The third kappa shape index (κ3) is 3.14. The Morgan fingerprint density at radius 1 is 1.68 bits per heavy atom. The quantitative estimate of drug-likeness (QED) is 0.658. The van der Waals surface area contributed by atoms with Crippen LogP contribution in [-0.2, 0) is 4.79 Å². The van der Waals surface area contributed by atoms with Crippen LogP contribution in [0.5, 0.6) is 0 Å². The van der Waals surface area contributed by atoms with E-state index < -0.39 is 10.9 Å². The number of nitrogens with zero attached hydrogens (tertiary/aromatic N) is 3. The second-order valence-electron chi connectivity index (χ2n) is 4.14. The van der Waals surface area contributed by atoms with Crippen molar-refractivity contribution in [1.82, 2.24) is 4.98 Å². The first-order valence-corrected chi connectivity index (χ1v) is 6.89. The van der Waals surface area contributed by atoms with Crippen LogP contribution in [0.2, 0.25) is 0 Å². The molecule has 0 aliphatic carbocycles. The molecule has 1 unspecified atom stereocenters. The molecule has 2 rings (SSSR count). The van der Waals surface area contributed by atoms with Gasteiger partial charge >= 0.3 is 11.7 Å². The van der Waals surface area contributed by atoms with Gasteiger partial charge in [0.25, 0.3) is 0 Å². The molecule has 1 fully saturated rings. The molecule has 1 aliphatic heterocycles. The highest BCUT2D eigenvalue weighted by Gasteiger charge is 2.29. The van der Waals surface area contributed by atoms with Crippen LogP contribution in [0.25, 0.3) is 0 Å². The summed E-state index contributed by atoms with van der Waals surface area (Å²) in [6, 6.07) is 1.35. The lowest BCUT2D eigenvalue weighted by Crippen LogP contribution is -2.44. The Morgan fingerprint density at radius 3 is 3.16 bits per heavy atom. The zero-order chi connectivity index (χ0) is 13.8. The maximum absolute atomic E-state index is 11.0. The fraction of sp³-hybridized carbons (Fsp3) is 0.455. The first kappa shape index (κ1) is 13.6. The maximum Gasteiger partial charge on any atom is 0.310 e. The van der Waals surface area contributed by atoms with Crippen molar-refractivity contribution in [2.45, 2.75) is 12.5 Å². The van der Waals surface area contributed by atoms with Gasteiger partial charge in [-0.1, -0.05) is 0 Å². The minimum Gasteiger partial charge on any atom is -0.481 e. The number of rotatable bonds is 4. The Morgan fingerprint density at radius 2 is 2.47 bits per heavy atom. The van der Waals surface area contributed by atoms with Crippen LogP contribution in [0.1, 0.15) is 6.42 Å². The largest absolute Gasteiger partial charge is 0.481 e. The average molecular weight is 283 g/mol. The van der Waals surface area contributed by atoms with E-state index in [2.05, 4.69) is 4.98 Å². The predicted octanol–water partition coefficient (Wildman–Crippen LogP) is 1.39.